The number of alkyl halides is 1. The third-order valence-electron chi connectivity index (χ3n) is 3.08. The highest BCUT2D eigenvalue weighted by molar-refractivity contribution is 6.31. The van der Waals surface area contributed by atoms with Gasteiger partial charge < -0.3 is 9.30 Å². The smallest absolute Gasteiger partial charge is 0.144 e. The minimum absolute atomic E-state index is 0.0187. The summed E-state index contributed by atoms with van der Waals surface area (Å²) < 4.78 is 21.2. The summed E-state index contributed by atoms with van der Waals surface area (Å²) in [4.78, 5) is 4.49. The second-order valence-corrected chi connectivity index (χ2v) is 5.38. The van der Waals surface area contributed by atoms with Crippen molar-refractivity contribution in [1.82, 2.24) is 9.55 Å². The highest BCUT2D eigenvalue weighted by atomic mass is 35.5. The van der Waals surface area contributed by atoms with Crippen LogP contribution in [0.2, 0.25) is 5.02 Å². The maximum Gasteiger partial charge on any atom is 0.144 e. The van der Waals surface area contributed by atoms with Gasteiger partial charge >= 0.3 is 0 Å². The standard InChI is InChI=1S/C14H17Cl2FN2O/c1-3-20-9(2)8-19-13-7-11(17)10(16)6-12(13)18-14(19)4-5-15/h6-7,9H,3-5,8H2,1-2H3. The molecule has 0 aliphatic rings. The number of halogens is 3. The Hall–Kier alpha value is -0.840. The summed E-state index contributed by atoms with van der Waals surface area (Å²) in [6, 6.07) is 2.97. The van der Waals surface area contributed by atoms with Crippen LogP contribution in [-0.4, -0.2) is 28.1 Å². The van der Waals surface area contributed by atoms with E-state index in [0.717, 1.165) is 11.3 Å². The van der Waals surface area contributed by atoms with Gasteiger partial charge in [-0.05, 0) is 19.9 Å². The maximum atomic E-state index is 13.7. The summed E-state index contributed by atoms with van der Waals surface area (Å²) in [6.45, 7) is 5.17. The fraction of sp³-hybridized carbons (Fsp3) is 0.500. The minimum atomic E-state index is -0.443. The summed E-state index contributed by atoms with van der Waals surface area (Å²) in [7, 11) is 0. The largest absolute Gasteiger partial charge is 0.377 e. The zero-order valence-corrected chi connectivity index (χ0v) is 13.0. The minimum Gasteiger partial charge on any atom is -0.377 e. The van der Waals surface area contributed by atoms with Crippen molar-refractivity contribution in [2.75, 3.05) is 12.5 Å². The van der Waals surface area contributed by atoms with Crippen LogP contribution in [0.1, 0.15) is 19.7 Å². The molecule has 0 amide bonds. The van der Waals surface area contributed by atoms with E-state index in [4.69, 9.17) is 27.9 Å². The van der Waals surface area contributed by atoms with Gasteiger partial charge in [-0.3, -0.25) is 0 Å². The molecule has 0 radical (unpaired) electrons. The molecule has 0 N–H and O–H groups in total. The summed E-state index contributed by atoms with van der Waals surface area (Å²) in [5.74, 6) is 0.841. The molecule has 0 spiro atoms. The van der Waals surface area contributed by atoms with Gasteiger partial charge in [0.2, 0.25) is 0 Å². The molecule has 0 fully saturated rings. The number of rotatable bonds is 6. The van der Waals surface area contributed by atoms with Crippen LogP contribution in [0, 0.1) is 5.82 Å². The Morgan fingerprint density at radius 2 is 2.20 bits per heavy atom. The van der Waals surface area contributed by atoms with Crippen molar-refractivity contribution in [3.8, 4) is 0 Å². The Balaban J connectivity index is 2.47. The summed E-state index contributed by atoms with van der Waals surface area (Å²) in [6.07, 6.45) is 0.638. The molecule has 6 heteroatoms. The van der Waals surface area contributed by atoms with Gasteiger partial charge in [-0.2, -0.15) is 0 Å². The zero-order valence-electron chi connectivity index (χ0n) is 11.5. The van der Waals surface area contributed by atoms with Crippen LogP contribution in [0.15, 0.2) is 12.1 Å². The Morgan fingerprint density at radius 3 is 2.85 bits per heavy atom. The van der Waals surface area contributed by atoms with Crippen LogP contribution >= 0.6 is 23.2 Å². The predicted octanol–water partition coefficient (Wildman–Crippen LogP) is 4.04. The number of aromatic nitrogens is 2. The number of aryl methyl sites for hydroxylation is 1. The maximum absolute atomic E-state index is 13.7. The fourth-order valence-corrected chi connectivity index (χ4v) is 2.57. The highest BCUT2D eigenvalue weighted by Gasteiger charge is 2.15. The first-order chi connectivity index (χ1) is 9.56. The normalized spacial score (nSPS) is 13.1. The lowest BCUT2D eigenvalue weighted by Gasteiger charge is -2.15. The molecule has 0 saturated carbocycles. The molecular weight excluding hydrogens is 302 g/mol. The van der Waals surface area contributed by atoms with Crippen LogP contribution in [-0.2, 0) is 17.7 Å². The summed E-state index contributed by atoms with van der Waals surface area (Å²) in [5, 5.41) is 0.0810. The van der Waals surface area contributed by atoms with Crippen LogP contribution in [0.5, 0.6) is 0 Å². The number of benzene rings is 1. The third kappa shape index (κ3) is 3.25. The van der Waals surface area contributed by atoms with Gasteiger partial charge in [-0.1, -0.05) is 11.6 Å². The van der Waals surface area contributed by atoms with E-state index in [9.17, 15) is 4.39 Å². The van der Waals surface area contributed by atoms with Crippen molar-refractivity contribution in [2.45, 2.75) is 32.9 Å². The summed E-state index contributed by atoms with van der Waals surface area (Å²) >= 11 is 11.6. The predicted molar refractivity (Wildman–Crippen MR) is 80.2 cm³/mol. The molecular formula is C14H17Cl2FN2O. The van der Waals surface area contributed by atoms with Gasteiger partial charge in [0.25, 0.3) is 0 Å². The number of ether oxygens (including phenoxy) is 1. The van der Waals surface area contributed by atoms with Crippen molar-refractivity contribution in [1.29, 1.82) is 0 Å². The lowest BCUT2D eigenvalue weighted by molar-refractivity contribution is 0.0642. The Bertz CT molecular complexity index is 600. The van der Waals surface area contributed by atoms with Crippen LogP contribution in [0.4, 0.5) is 4.39 Å². The van der Waals surface area contributed by atoms with Crippen LogP contribution in [0.3, 0.4) is 0 Å². The quantitative estimate of drug-likeness (QED) is 0.752. The number of imidazole rings is 1. The number of fused-ring (bicyclic) bond motifs is 1. The van der Waals surface area contributed by atoms with Gasteiger partial charge in [0.1, 0.15) is 11.6 Å². The molecule has 1 heterocycles. The molecule has 2 rings (SSSR count). The van der Waals surface area contributed by atoms with E-state index in [-0.39, 0.29) is 11.1 Å². The van der Waals surface area contributed by atoms with Gasteiger partial charge in [0, 0.05) is 25.0 Å². The molecule has 0 aliphatic carbocycles. The van der Waals surface area contributed by atoms with Crippen molar-refractivity contribution in [2.24, 2.45) is 0 Å². The molecule has 110 valence electrons. The summed E-state index contributed by atoms with van der Waals surface area (Å²) in [5.41, 5.74) is 1.40. The molecule has 1 aromatic carbocycles. The van der Waals surface area contributed by atoms with Crippen molar-refractivity contribution >= 4 is 34.2 Å². The molecule has 20 heavy (non-hydrogen) atoms. The van der Waals surface area contributed by atoms with Crippen molar-refractivity contribution < 1.29 is 9.13 Å². The van der Waals surface area contributed by atoms with E-state index in [2.05, 4.69) is 4.98 Å². The van der Waals surface area contributed by atoms with Crippen LogP contribution in [0.25, 0.3) is 11.0 Å². The van der Waals surface area contributed by atoms with E-state index < -0.39 is 5.82 Å². The molecule has 0 saturated heterocycles. The van der Waals surface area contributed by atoms with E-state index in [1.807, 2.05) is 18.4 Å². The zero-order chi connectivity index (χ0) is 14.7. The molecule has 1 unspecified atom stereocenters. The van der Waals surface area contributed by atoms with Crippen molar-refractivity contribution in [3.63, 3.8) is 0 Å². The molecule has 1 aromatic heterocycles. The first-order valence-corrected chi connectivity index (χ1v) is 7.49. The van der Waals surface area contributed by atoms with E-state index in [1.54, 1.807) is 6.07 Å². The topological polar surface area (TPSA) is 27.1 Å². The van der Waals surface area contributed by atoms with E-state index >= 15 is 0 Å². The SMILES string of the molecule is CCOC(C)Cn1c(CCCl)nc2cc(Cl)c(F)cc21. The second-order valence-electron chi connectivity index (χ2n) is 4.60. The lowest BCUT2D eigenvalue weighted by atomic mass is 10.3. The number of nitrogens with zero attached hydrogens (tertiary/aromatic N) is 2. The molecule has 0 aliphatic heterocycles. The molecule has 0 bridgehead atoms. The van der Waals surface area contributed by atoms with Crippen LogP contribution < -0.4 is 0 Å². The first-order valence-electron chi connectivity index (χ1n) is 6.58. The van der Waals surface area contributed by atoms with Gasteiger partial charge in [-0.25, -0.2) is 9.37 Å². The van der Waals surface area contributed by atoms with E-state index in [0.29, 0.717) is 31.0 Å². The van der Waals surface area contributed by atoms with E-state index in [1.165, 1.54) is 6.07 Å². The molecule has 3 nitrogen and oxygen atoms in total. The monoisotopic (exact) mass is 318 g/mol. The lowest BCUT2D eigenvalue weighted by Crippen LogP contribution is -2.18. The Kier molecular flexibility index (Phi) is 5.24. The Labute approximate surface area is 127 Å². The number of hydrogen-bond acceptors (Lipinski definition) is 2. The van der Waals surface area contributed by atoms with Gasteiger partial charge in [-0.15, -0.1) is 11.6 Å². The average molecular weight is 319 g/mol. The molecule has 2 aromatic rings. The van der Waals surface area contributed by atoms with Crippen molar-refractivity contribution in [3.05, 3.63) is 28.8 Å². The first kappa shape index (κ1) is 15.5. The highest BCUT2D eigenvalue weighted by Crippen LogP contribution is 2.24. The second kappa shape index (κ2) is 6.74. The van der Waals surface area contributed by atoms with Gasteiger partial charge in [0.05, 0.1) is 28.7 Å². The molecule has 1 atom stereocenters. The average Bonchev–Trinajstić information content (AvgIpc) is 2.69. The Morgan fingerprint density at radius 1 is 1.45 bits per heavy atom. The number of hydrogen-bond donors (Lipinski definition) is 0. The fourth-order valence-electron chi connectivity index (χ4n) is 2.24. The van der Waals surface area contributed by atoms with Gasteiger partial charge in [0.15, 0.2) is 0 Å². The third-order valence-corrected chi connectivity index (χ3v) is 3.56.